The van der Waals surface area contributed by atoms with E-state index >= 15 is 0 Å². The van der Waals surface area contributed by atoms with Gasteiger partial charge in [-0.3, -0.25) is 0 Å². The third-order valence-electron chi connectivity index (χ3n) is 4.13. The van der Waals surface area contributed by atoms with Gasteiger partial charge in [0.1, 0.15) is 5.75 Å². The van der Waals surface area contributed by atoms with Crippen molar-refractivity contribution in [3.05, 3.63) is 36.4 Å². The second-order valence-corrected chi connectivity index (χ2v) is 15.3. The minimum absolute atomic E-state index is 0.0808. The van der Waals surface area contributed by atoms with Crippen LogP contribution in [0.1, 0.15) is 5.56 Å². The van der Waals surface area contributed by atoms with Crippen molar-refractivity contribution in [2.45, 2.75) is 31.4 Å². The third-order valence-corrected chi connectivity index (χ3v) is 13.8. The Morgan fingerprint density at radius 1 is 0.615 bits per heavy atom. The fraction of sp³-hybridized carbons (Fsp3) is 0.429. The first kappa shape index (κ1) is 34.7. The molecule has 0 saturated heterocycles. The second kappa shape index (κ2) is 9.67. The Morgan fingerprint density at radius 3 is 1.28 bits per heavy atom. The minimum Gasteiger partial charge on any atom is -0.378 e. The van der Waals surface area contributed by atoms with Gasteiger partial charge in [0, 0.05) is 0 Å². The van der Waals surface area contributed by atoms with Gasteiger partial charge in [0.2, 0.25) is 0 Å². The zero-order chi connectivity index (χ0) is 31.5. The van der Waals surface area contributed by atoms with Crippen LogP contribution in [0.5, 0.6) is 5.75 Å². The predicted molar refractivity (Wildman–Crippen MR) is 104 cm³/mol. The molecular weight excluding hydrogens is 668 g/mol. The molecule has 0 N–H and O–H groups in total. The number of hydrogen-bond acceptors (Lipinski definition) is 9. The maximum Gasteiger partial charge on any atom is 0.499 e. The lowest BCUT2D eigenvalue weighted by molar-refractivity contribution is -0.245. The van der Waals surface area contributed by atoms with E-state index in [1.54, 1.807) is 0 Å². The molecule has 226 valence electrons. The Balaban J connectivity index is 3.95. The van der Waals surface area contributed by atoms with E-state index in [1.165, 1.54) is 0 Å². The molecule has 9 nitrogen and oxygen atoms in total. The maximum absolute atomic E-state index is 14.3. The number of hydrogen-bond donors (Lipinski definition) is 0. The van der Waals surface area contributed by atoms with Crippen molar-refractivity contribution in [3.8, 4) is 5.75 Å². The van der Waals surface area contributed by atoms with Crippen LogP contribution in [0.4, 0.5) is 52.7 Å². The quantitative estimate of drug-likeness (QED) is 0.269. The lowest BCUT2D eigenvalue weighted by atomic mass is 10.2. The van der Waals surface area contributed by atoms with Crippen molar-refractivity contribution in [1.82, 2.24) is 0 Å². The third kappa shape index (κ3) is 5.40. The highest BCUT2D eigenvalue weighted by Gasteiger charge is 2.86. The molecule has 0 radical (unpaired) electrons. The van der Waals surface area contributed by atoms with Gasteiger partial charge in [-0.05, 0) is 17.7 Å². The monoisotopic (exact) mass is 676 g/mol. The van der Waals surface area contributed by atoms with Gasteiger partial charge in [-0.25, -0.2) is 25.3 Å². The lowest BCUT2D eigenvalue weighted by Gasteiger charge is -2.33. The van der Waals surface area contributed by atoms with E-state index in [1.807, 2.05) is 0 Å². The molecule has 0 aliphatic carbocycles. The Hall–Kier alpha value is -2.28. The predicted octanol–water partition coefficient (Wildman–Crippen LogP) is 3.43. The molecule has 0 unspecified atom stereocenters. The zero-order valence-corrected chi connectivity index (χ0v) is 20.8. The smallest absolute Gasteiger partial charge is 0.378 e. The van der Waals surface area contributed by atoms with Crippen molar-refractivity contribution in [2.24, 2.45) is 0 Å². The summed E-state index contributed by atoms with van der Waals surface area (Å²) in [4.78, 5) is 0. The number of benzene rings is 1. The highest BCUT2D eigenvalue weighted by molar-refractivity contribution is 8.25. The number of alkyl halides is 12. The van der Waals surface area contributed by atoms with Crippen LogP contribution in [-0.4, -0.2) is 65.0 Å². The summed E-state index contributed by atoms with van der Waals surface area (Å²) in [6, 6.07) is 2.39. The molecule has 1 aromatic rings. The van der Waals surface area contributed by atoms with E-state index in [0.29, 0.717) is 12.1 Å². The van der Waals surface area contributed by atoms with E-state index in [0.717, 1.165) is 18.2 Å². The van der Waals surface area contributed by atoms with Gasteiger partial charge in [-0.2, -0.15) is 61.1 Å². The van der Waals surface area contributed by atoms with E-state index in [-0.39, 0.29) is 5.56 Å². The normalized spacial score (nSPS) is 15.3. The minimum atomic E-state index is -9.18. The average Bonchev–Trinajstić information content (AvgIpc) is 2.71. The van der Waals surface area contributed by atoms with Crippen molar-refractivity contribution >= 4 is 45.7 Å². The Labute approximate surface area is 209 Å². The van der Waals surface area contributed by atoms with Crippen LogP contribution in [0.3, 0.4) is 0 Å². The van der Waals surface area contributed by atoms with Gasteiger partial charge in [-0.1, -0.05) is 24.8 Å². The van der Waals surface area contributed by atoms with E-state index in [9.17, 15) is 86.4 Å². The van der Waals surface area contributed by atoms with E-state index < -0.39 is 76.7 Å². The van der Waals surface area contributed by atoms with Crippen molar-refractivity contribution < 1.29 is 90.5 Å². The molecule has 39 heavy (non-hydrogen) atoms. The molecular formula is C14H8F12O9S4. The zero-order valence-electron chi connectivity index (χ0n) is 17.5. The molecule has 0 aliphatic heterocycles. The summed E-state index contributed by atoms with van der Waals surface area (Å²) in [5.41, 5.74) is -15.0. The van der Waals surface area contributed by atoms with Gasteiger partial charge in [0.15, 0.2) is 0 Å². The summed E-state index contributed by atoms with van der Waals surface area (Å²) < 4.78 is 251. The molecule has 0 spiro atoms. The molecule has 0 aliphatic rings. The number of halogens is 12. The van der Waals surface area contributed by atoms with Crippen LogP contribution in [0, 0.1) is 0 Å². The highest BCUT2D eigenvalue weighted by Crippen LogP contribution is 2.54. The van der Waals surface area contributed by atoms with Crippen LogP contribution in [0.15, 0.2) is 30.8 Å². The fourth-order valence-corrected chi connectivity index (χ4v) is 10.4. The first-order chi connectivity index (χ1) is 16.9. The summed E-state index contributed by atoms with van der Waals surface area (Å²) in [5.74, 6) is -9.57. The highest BCUT2D eigenvalue weighted by atomic mass is 32.3. The Morgan fingerprint density at radius 2 is 0.974 bits per heavy atom. The molecule has 0 saturated carbocycles. The maximum atomic E-state index is 14.3. The van der Waals surface area contributed by atoms with E-state index in [2.05, 4.69) is 10.8 Å². The van der Waals surface area contributed by atoms with Crippen LogP contribution in [-0.2, 0) is 39.6 Å². The van der Waals surface area contributed by atoms with Crippen LogP contribution in [0.25, 0.3) is 6.08 Å². The summed E-state index contributed by atoms with van der Waals surface area (Å²) >= 11 is 0. The molecule has 0 amide bonds. The SMILES string of the molecule is C=Cc1ccc(OS(=O)(=O)C(F)(F)C(F)(F)C(F)(F)S(=O)(=O)C(S(=O)(=O)C(F)(F)F)S(=O)(=O)C(F)(F)F)cc1. The molecule has 0 atom stereocenters. The first-order valence-electron chi connectivity index (χ1n) is 8.51. The van der Waals surface area contributed by atoms with E-state index in [4.69, 9.17) is 0 Å². The molecule has 25 heteroatoms. The van der Waals surface area contributed by atoms with Gasteiger partial charge in [0.25, 0.3) is 33.4 Å². The fourth-order valence-electron chi connectivity index (χ4n) is 2.18. The average molecular weight is 676 g/mol. The van der Waals surface area contributed by atoms with Gasteiger partial charge >= 0.3 is 37.6 Å². The molecule has 1 aromatic carbocycles. The number of rotatable bonds is 10. The van der Waals surface area contributed by atoms with Crippen molar-refractivity contribution in [3.63, 3.8) is 0 Å². The molecule has 1 rings (SSSR count). The summed E-state index contributed by atoms with van der Waals surface area (Å²) in [5, 5.41) is -15.9. The standard InChI is InChI=1S/C14H8F12O9S4/c1-2-7-3-5-8(6-4-7)35-39(33,34)12(19,20)10(15,16)11(17,18)36(27,28)9(37(29,30)13(21,22)23)38(31,32)14(24,25)26/h2-6,9H,1H2. The molecule has 0 heterocycles. The van der Waals surface area contributed by atoms with Crippen LogP contribution >= 0.6 is 0 Å². The lowest BCUT2D eigenvalue weighted by Crippen LogP contribution is -2.65. The van der Waals surface area contributed by atoms with Gasteiger partial charge in [0.05, 0.1) is 0 Å². The van der Waals surface area contributed by atoms with Crippen molar-refractivity contribution in [1.29, 1.82) is 0 Å². The first-order valence-corrected chi connectivity index (χ1v) is 14.6. The van der Waals surface area contributed by atoms with Gasteiger partial charge in [-0.15, -0.1) is 0 Å². The molecule has 0 fully saturated rings. The van der Waals surface area contributed by atoms with Crippen LogP contribution < -0.4 is 4.18 Å². The largest absolute Gasteiger partial charge is 0.499 e. The molecule has 0 bridgehead atoms. The van der Waals surface area contributed by atoms with Crippen LogP contribution in [0.2, 0.25) is 0 Å². The Kier molecular flexibility index (Phi) is 8.62. The topological polar surface area (TPSA) is 146 Å². The Bertz CT molecular complexity index is 1500. The summed E-state index contributed by atoms with van der Waals surface area (Å²) in [6.07, 6.45) is 1.03. The van der Waals surface area contributed by atoms with Crippen molar-refractivity contribution in [2.75, 3.05) is 0 Å². The molecule has 0 aromatic heterocycles. The van der Waals surface area contributed by atoms with Gasteiger partial charge < -0.3 is 4.18 Å². The number of sulfone groups is 3. The second-order valence-electron chi connectivity index (χ2n) is 6.73. The summed E-state index contributed by atoms with van der Waals surface area (Å²) in [6.45, 7) is 3.19. The summed E-state index contributed by atoms with van der Waals surface area (Å²) in [7, 11) is -34.1.